The van der Waals surface area contributed by atoms with Crippen molar-refractivity contribution in [3.63, 3.8) is 0 Å². The first kappa shape index (κ1) is 11.2. The van der Waals surface area contributed by atoms with Crippen LogP contribution in [0.1, 0.15) is 24.0 Å². The molecule has 3 N–H and O–H groups in total. The van der Waals surface area contributed by atoms with Crippen LogP contribution in [0, 0.1) is 0 Å². The summed E-state index contributed by atoms with van der Waals surface area (Å²) in [4.78, 5) is 0. The summed E-state index contributed by atoms with van der Waals surface area (Å²) < 4.78 is 0. The molecule has 1 rings (SSSR count). The quantitative estimate of drug-likeness (QED) is 0.742. The fourth-order valence-electron chi connectivity index (χ4n) is 1.65. The summed E-state index contributed by atoms with van der Waals surface area (Å²) >= 11 is 0. The number of rotatable bonds is 5. The lowest BCUT2D eigenvalue weighted by molar-refractivity contribution is 0.636. The molecule has 14 heavy (non-hydrogen) atoms. The Kier molecular flexibility index (Phi) is 4.63. The molecular formula is C12H20N2. The van der Waals surface area contributed by atoms with Gasteiger partial charge in [0.15, 0.2) is 0 Å². The lowest BCUT2D eigenvalue weighted by atomic mass is 9.97. The summed E-state index contributed by atoms with van der Waals surface area (Å²) in [5, 5.41) is 3.17. The second-order valence-corrected chi connectivity index (χ2v) is 3.59. The standard InChI is InChI=1S/C12H20N2/c1-3-10-5-4-6-11(7-10)12(8-13)9-14-2/h4-7,12,14H,3,8-9,13H2,1-2H3. The van der Waals surface area contributed by atoms with Crippen molar-refractivity contribution >= 4 is 0 Å². The molecule has 0 heterocycles. The van der Waals surface area contributed by atoms with Crippen molar-refractivity contribution in [3.8, 4) is 0 Å². The molecule has 0 aliphatic rings. The third kappa shape index (κ3) is 2.82. The van der Waals surface area contributed by atoms with Gasteiger partial charge in [-0.15, -0.1) is 0 Å². The molecule has 0 aliphatic heterocycles. The third-order valence-corrected chi connectivity index (χ3v) is 2.57. The number of benzene rings is 1. The van der Waals surface area contributed by atoms with Crippen LogP contribution in [0.2, 0.25) is 0 Å². The van der Waals surface area contributed by atoms with E-state index >= 15 is 0 Å². The van der Waals surface area contributed by atoms with E-state index < -0.39 is 0 Å². The first-order valence-electron chi connectivity index (χ1n) is 5.25. The molecule has 0 amide bonds. The number of nitrogens with one attached hydrogen (secondary N) is 1. The highest BCUT2D eigenvalue weighted by Crippen LogP contribution is 2.15. The average Bonchev–Trinajstić information content (AvgIpc) is 2.26. The molecule has 2 nitrogen and oxygen atoms in total. The molecule has 0 spiro atoms. The van der Waals surface area contributed by atoms with Gasteiger partial charge in [-0.05, 0) is 24.6 Å². The Labute approximate surface area is 86.5 Å². The Morgan fingerprint density at radius 3 is 2.79 bits per heavy atom. The summed E-state index contributed by atoms with van der Waals surface area (Å²) in [5.41, 5.74) is 8.48. The number of hydrogen-bond acceptors (Lipinski definition) is 2. The largest absolute Gasteiger partial charge is 0.330 e. The average molecular weight is 192 g/mol. The van der Waals surface area contributed by atoms with E-state index in [1.807, 2.05) is 7.05 Å². The van der Waals surface area contributed by atoms with Crippen LogP contribution in [0.4, 0.5) is 0 Å². The van der Waals surface area contributed by atoms with Gasteiger partial charge in [0.25, 0.3) is 0 Å². The molecule has 1 atom stereocenters. The molecule has 0 saturated heterocycles. The number of hydrogen-bond donors (Lipinski definition) is 2. The number of likely N-dealkylation sites (N-methyl/N-ethyl adjacent to an activating group) is 1. The Morgan fingerprint density at radius 2 is 2.21 bits per heavy atom. The van der Waals surface area contributed by atoms with Crippen LogP contribution in [-0.4, -0.2) is 20.1 Å². The highest BCUT2D eigenvalue weighted by atomic mass is 14.8. The number of nitrogens with two attached hydrogens (primary N) is 1. The van der Waals surface area contributed by atoms with Crippen LogP contribution in [0.5, 0.6) is 0 Å². The molecule has 0 aliphatic carbocycles. The smallest absolute Gasteiger partial charge is 0.00863 e. The van der Waals surface area contributed by atoms with Crippen LogP contribution < -0.4 is 11.1 Å². The molecule has 0 radical (unpaired) electrons. The van der Waals surface area contributed by atoms with Gasteiger partial charge < -0.3 is 11.1 Å². The lowest BCUT2D eigenvalue weighted by Gasteiger charge is -2.15. The second-order valence-electron chi connectivity index (χ2n) is 3.59. The molecule has 1 aromatic carbocycles. The highest BCUT2D eigenvalue weighted by Gasteiger charge is 2.08. The molecule has 2 heteroatoms. The molecule has 0 fully saturated rings. The van der Waals surface area contributed by atoms with Crippen LogP contribution >= 0.6 is 0 Å². The normalized spacial score (nSPS) is 12.8. The minimum Gasteiger partial charge on any atom is -0.330 e. The Hall–Kier alpha value is -0.860. The summed E-state index contributed by atoms with van der Waals surface area (Å²) in [6, 6.07) is 8.70. The van der Waals surface area contributed by atoms with Gasteiger partial charge in [0, 0.05) is 19.0 Å². The topological polar surface area (TPSA) is 38.0 Å². The van der Waals surface area contributed by atoms with Crippen LogP contribution in [0.15, 0.2) is 24.3 Å². The van der Waals surface area contributed by atoms with E-state index in [-0.39, 0.29) is 0 Å². The van der Waals surface area contributed by atoms with E-state index in [1.165, 1.54) is 11.1 Å². The Balaban J connectivity index is 2.80. The maximum atomic E-state index is 5.74. The lowest BCUT2D eigenvalue weighted by Crippen LogP contribution is -2.24. The summed E-state index contributed by atoms with van der Waals surface area (Å²) in [7, 11) is 1.96. The molecule has 1 unspecified atom stereocenters. The highest BCUT2D eigenvalue weighted by molar-refractivity contribution is 5.27. The predicted molar refractivity (Wildman–Crippen MR) is 61.5 cm³/mol. The first-order valence-corrected chi connectivity index (χ1v) is 5.25. The van der Waals surface area contributed by atoms with E-state index in [0.29, 0.717) is 12.5 Å². The maximum absolute atomic E-state index is 5.74. The van der Waals surface area contributed by atoms with Crippen molar-refractivity contribution in [2.45, 2.75) is 19.3 Å². The van der Waals surface area contributed by atoms with Crippen LogP contribution in [-0.2, 0) is 6.42 Å². The molecule has 0 aromatic heterocycles. The maximum Gasteiger partial charge on any atom is 0.00863 e. The Morgan fingerprint density at radius 1 is 1.43 bits per heavy atom. The van der Waals surface area contributed by atoms with Crippen LogP contribution in [0.25, 0.3) is 0 Å². The van der Waals surface area contributed by atoms with Crippen LogP contribution in [0.3, 0.4) is 0 Å². The van der Waals surface area contributed by atoms with Crippen molar-refractivity contribution in [3.05, 3.63) is 35.4 Å². The molecule has 0 bridgehead atoms. The third-order valence-electron chi connectivity index (χ3n) is 2.57. The molecule has 0 saturated carbocycles. The van der Waals surface area contributed by atoms with Crippen molar-refractivity contribution in [1.82, 2.24) is 5.32 Å². The Bertz CT molecular complexity index is 271. The minimum atomic E-state index is 0.437. The minimum absolute atomic E-state index is 0.437. The molecule has 78 valence electrons. The first-order chi connectivity index (χ1) is 6.81. The van der Waals surface area contributed by atoms with Crippen molar-refractivity contribution < 1.29 is 0 Å². The van der Waals surface area contributed by atoms with Gasteiger partial charge >= 0.3 is 0 Å². The van der Waals surface area contributed by atoms with Gasteiger partial charge in [0.1, 0.15) is 0 Å². The SMILES string of the molecule is CCc1cccc(C(CN)CNC)c1. The summed E-state index contributed by atoms with van der Waals surface area (Å²) in [6.45, 7) is 3.83. The van der Waals surface area contributed by atoms with E-state index in [1.54, 1.807) is 0 Å². The van der Waals surface area contributed by atoms with E-state index in [2.05, 4.69) is 36.5 Å². The van der Waals surface area contributed by atoms with Gasteiger partial charge in [-0.1, -0.05) is 31.2 Å². The zero-order valence-corrected chi connectivity index (χ0v) is 9.09. The van der Waals surface area contributed by atoms with E-state index in [9.17, 15) is 0 Å². The van der Waals surface area contributed by atoms with Crippen molar-refractivity contribution in [2.24, 2.45) is 5.73 Å². The fraction of sp³-hybridized carbons (Fsp3) is 0.500. The number of aryl methyl sites for hydroxylation is 1. The van der Waals surface area contributed by atoms with Gasteiger partial charge in [0.05, 0.1) is 0 Å². The zero-order valence-electron chi connectivity index (χ0n) is 9.09. The predicted octanol–water partition coefficient (Wildman–Crippen LogP) is 1.51. The van der Waals surface area contributed by atoms with Crippen molar-refractivity contribution in [1.29, 1.82) is 0 Å². The van der Waals surface area contributed by atoms with Crippen molar-refractivity contribution in [2.75, 3.05) is 20.1 Å². The van der Waals surface area contributed by atoms with Gasteiger partial charge in [-0.3, -0.25) is 0 Å². The van der Waals surface area contributed by atoms with E-state index in [4.69, 9.17) is 5.73 Å². The van der Waals surface area contributed by atoms with Gasteiger partial charge in [-0.25, -0.2) is 0 Å². The fourth-order valence-corrected chi connectivity index (χ4v) is 1.65. The van der Waals surface area contributed by atoms with Gasteiger partial charge in [0.2, 0.25) is 0 Å². The molecular weight excluding hydrogens is 172 g/mol. The summed E-state index contributed by atoms with van der Waals surface area (Å²) in [5.74, 6) is 0.437. The molecule has 1 aromatic rings. The van der Waals surface area contributed by atoms with Gasteiger partial charge in [-0.2, -0.15) is 0 Å². The zero-order chi connectivity index (χ0) is 10.4. The summed E-state index contributed by atoms with van der Waals surface area (Å²) in [6.07, 6.45) is 1.09. The van der Waals surface area contributed by atoms with E-state index in [0.717, 1.165) is 13.0 Å². The second kappa shape index (κ2) is 5.78. The monoisotopic (exact) mass is 192 g/mol.